The van der Waals surface area contributed by atoms with Gasteiger partial charge in [0.05, 0.1) is 17.6 Å². The number of nitrogens with zero attached hydrogens (tertiary/aromatic N) is 3. The molecule has 0 spiro atoms. The van der Waals surface area contributed by atoms with E-state index >= 15 is 0 Å². The van der Waals surface area contributed by atoms with E-state index in [4.69, 9.17) is 0 Å². The molecule has 5 nitrogen and oxygen atoms in total. The normalized spacial score (nSPS) is 10.4. The molecule has 0 aliphatic carbocycles. The predicted octanol–water partition coefficient (Wildman–Crippen LogP) is 1.47. The molecule has 0 aliphatic heterocycles. The van der Waals surface area contributed by atoms with E-state index in [0.717, 1.165) is 18.7 Å². The minimum absolute atomic E-state index is 0.0399. The number of imidazole rings is 1. The van der Waals surface area contributed by atoms with Gasteiger partial charge in [0.25, 0.3) is 5.91 Å². The standard InChI is InChI=1S/C11H14N4OS/c1-9-10(7-17-14-9)11(16)13-3-2-5-15-6-4-12-8-15/h4,6-8H,2-3,5H2,1H3,(H,13,16). The molecule has 2 aromatic rings. The largest absolute Gasteiger partial charge is 0.352 e. The molecule has 0 unspecified atom stereocenters. The summed E-state index contributed by atoms with van der Waals surface area (Å²) in [4.78, 5) is 15.7. The minimum Gasteiger partial charge on any atom is -0.352 e. The lowest BCUT2D eigenvalue weighted by Crippen LogP contribution is -2.25. The molecule has 17 heavy (non-hydrogen) atoms. The number of rotatable bonds is 5. The highest BCUT2D eigenvalue weighted by Crippen LogP contribution is 2.08. The molecule has 0 atom stereocenters. The van der Waals surface area contributed by atoms with Crippen molar-refractivity contribution < 1.29 is 4.79 Å². The van der Waals surface area contributed by atoms with E-state index in [9.17, 15) is 4.79 Å². The molecule has 0 radical (unpaired) electrons. The van der Waals surface area contributed by atoms with Crippen molar-refractivity contribution >= 4 is 17.4 Å². The summed E-state index contributed by atoms with van der Waals surface area (Å²) in [6, 6.07) is 0. The van der Waals surface area contributed by atoms with Gasteiger partial charge in [0, 0.05) is 30.9 Å². The second-order valence-electron chi connectivity index (χ2n) is 3.72. The molecule has 1 N–H and O–H groups in total. The van der Waals surface area contributed by atoms with Gasteiger partial charge in [-0.05, 0) is 24.9 Å². The van der Waals surface area contributed by atoms with Crippen molar-refractivity contribution in [2.24, 2.45) is 0 Å². The Morgan fingerprint density at radius 3 is 3.12 bits per heavy atom. The van der Waals surface area contributed by atoms with Gasteiger partial charge in [-0.1, -0.05) is 0 Å². The monoisotopic (exact) mass is 250 g/mol. The van der Waals surface area contributed by atoms with Crippen molar-refractivity contribution in [2.75, 3.05) is 6.54 Å². The first-order valence-electron chi connectivity index (χ1n) is 5.42. The molecule has 0 saturated carbocycles. The van der Waals surface area contributed by atoms with Crippen molar-refractivity contribution in [1.29, 1.82) is 0 Å². The maximum absolute atomic E-state index is 11.7. The van der Waals surface area contributed by atoms with Crippen molar-refractivity contribution in [3.05, 3.63) is 35.4 Å². The van der Waals surface area contributed by atoms with Gasteiger partial charge in [0.2, 0.25) is 0 Å². The minimum atomic E-state index is -0.0399. The fourth-order valence-corrected chi connectivity index (χ4v) is 2.18. The first kappa shape index (κ1) is 11.8. The fraction of sp³-hybridized carbons (Fsp3) is 0.364. The summed E-state index contributed by atoms with van der Waals surface area (Å²) >= 11 is 1.31. The Morgan fingerprint density at radius 2 is 2.47 bits per heavy atom. The van der Waals surface area contributed by atoms with Crippen LogP contribution in [-0.4, -0.2) is 26.4 Å². The van der Waals surface area contributed by atoms with E-state index in [2.05, 4.69) is 14.7 Å². The topological polar surface area (TPSA) is 59.8 Å². The lowest BCUT2D eigenvalue weighted by molar-refractivity contribution is 0.0952. The molecule has 2 rings (SSSR count). The van der Waals surface area contributed by atoms with Crippen LogP contribution in [0.3, 0.4) is 0 Å². The lowest BCUT2D eigenvalue weighted by Gasteiger charge is -2.04. The fourth-order valence-electron chi connectivity index (χ4n) is 1.49. The van der Waals surface area contributed by atoms with Crippen LogP contribution in [0.4, 0.5) is 0 Å². The highest BCUT2D eigenvalue weighted by atomic mass is 32.1. The number of aryl methyl sites for hydroxylation is 2. The van der Waals surface area contributed by atoms with Crippen LogP contribution in [0.15, 0.2) is 24.1 Å². The summed E-state index contributed by atoms with van der Waals surface area (Å²) in [5, 5.41) is 4.66. The summed E-state index contributed by atoms with van der Waals surface area (Å²) in [6.45, 7) is 3.37. The smallest absolute Gasteiger partial charge is 0.254 e. The lowest BCUT2D eigenvalue weighted by atomic mass is 10.2. The zero-order chi connectivity index (χ0) is 12.1. The van der Waals surface area contributed by atoms with Crippen LogP contribution < -0.4 is 5.32 Å². The first-order valence-corrected chi connectivity index (χ1v) is 6.26. The highest BCUT2D eigenvalue weighted by molar-refractivity contribution is 7.03. The summed E-state index contributed by atoms with van der Waals surface area (Å²) in [5.74, 6) is -0.0399. The maximum atomic E-state index is 11.7. The van der Waals surface area contributed by atoms with Gasteiger partial charge in [-0.3, -0.25) is 4.79 Å². The van der Waals surface area contributed by atoms with E-state index < -0.39 is 0 Å². The molecule has 2 aromatic heterocycles. The summed E-state index contributed by atoms with van der Waals surface area (Å²) in [5.41, 5.74) is 1.47. The van der Waals surface area contributed by atoms with Gasteiger partial charge in [-0.25, -0.2) is 4.98 Å². The van der Waals surface area contributed by atoms with Gasteiger partial charge in [-0.15, -0.1) is 0 Å². The van der Waals surface area contributed by atoms with Crippen LogP contribution in [0.1, 0.15) is 22.5 Å². The average molecular weight is 250 g/mol. The molecular weight excluding hydrogens is 236 g/mol. The van der Waals surface area contributed by atoms with Crippen molar-refractivity contribution in [2.45, 2.75) is 19.9 Å². The molecule has 90 valence electrons. The Hall–Kier alpha value is -1.69. The van der Waals surface area contributed by atoms with Gasteiger partial charge in [0.1, 0.15) is 0 Å². The first-order chi connectivity index (χ1) is 8.27. The number of carbonyl (C=O) groups is 1. The summed E-state index contributed by atoms with van der Waals surface area (Å²) in [6.07, 6.45) is 6.32. The number of aromatic nitrogens is 3. The van der Waals surface area contributed by atoms with Crippen LogP contribution >= 0.6 is 11.5 Å². The number of carbonyl (C=O) groups excluding carboxylic acids is 1. The molecule has 0 aliphatic rings. The summed E-state index contributed by atoms with van der Waals surface area (Å²) in [7, 11) is 0. The molecule has 0 aromatic carbocycles. The molecule has 6 heteroatoms. The Labute approximate surface area is 104 Å². The number of nitrogens with one attached hydrogen (secondary N) is 1. The third-order valence-corrected chi connectivity index (χ3v) is 3.15. The zero-order valence-corrected chi connectivity index (χ0v) is 10.4. The SMILES string of the molecule is Cc1nscc1C(=O)NCCCn1ccnc1. The molecule has 0 saturated heterocycles. The zero-order valence-electron chi connectivity index (χ0n) is 9.59. The van der Waals surface area contributed by atoms with Crippen LogP contribution in [0.2, 0.25) is 0 Å². The molecule has 2 heterocycles. The third kappa shape index (κ3) is 3.13. The van der Waals surface area contributed by atoms with Crippen molar-refractivity contribution in [3.8, 4) is 0 Å². The van der Waals surface area contributed by atoms with Crippen LogP contribution in [0.5, 0.6) is 0 Å². The maximum Gasteiger partial charge on any atom is 0.254 e. The van der Waals surface area contributed by atoms with Crippen LogP contribution in [-0.2, 0) is 6.54 Å². The van der Waals surface area contributed by atoms with Crippen molar-refractivity contribution in [1.82, 2.24) is 19.2 Å². The van der Waals surface area contributed by atoms with Crippen LogP contribution in [0, 0.1) is 6.92 Å². The number of hydrogen-bond acceptors (Lipinski definition) is 4. The number of amides is 1. The molecule has 0 fully saturated rings. The van der Waals surface area contributed by atoms with E-state index in [-0.39, 0.29) is 5.91 Å². The van der Waals surface area contributed by atoms with E-state index in [1.807, 2.05) is 17.7 Å². The van der Waals surface area contributed by atoms with Gasteiger partial charge in [-0.2, -0.15) is 4.37 Å². The predicted molar refractivity (Wildman–Crippen MR) is 66.0 cm³/mol. The van der Waals surface area contributed by atoms with E-state index in [1.54, 1.807) is 17.9 Å². The Kier molecular flexibility index (Phi) is 3.87. The average Bonchev–Trinajstić information content (AvgIpc) is 2.95. The van der Waals surface area contributed by atoms with Gasteiger partial charge < -0.3 is 9.88 Å². The van der Waals surface area contributed by atoms with Crippen LogP contribution in [0.25, 0.3) is 0 Å². The second kappa shape index (κ2) is 5.58. The van der Waals surface area contributed by atoms with Gasteiger partial charge in [0.15, 0.2) is 0 Å². The molecule has 1 amide bonds. The Bertz CT molecular complexity index is 477. The Morgan fingerprint density at radius 1 is 1.59 bits per heavy atom. The number of hydrogen-bond donors (Lipinski definition) is 1. The highest BCUT2D eigenvalue weighted by Gasteiger charge is 2.09. The van der Waals surface area contributed by atoms with Crippen molar-refractivity contribution in [3.63, 3.8) is 0 Å². The van der Waals surface area contributed by atoms with Gasteiger partial charge >= 0.3 is 0 Å². The third-order valence-electron chi connectivity index (χ3n) is 2.43. The Balaban J connectivity index is 1.72. The quantitative estimate of drug-likeness (QED) is 0.817. The van der Waals surface area contributed by atoms with E-state index in [0.29, 0.717) is 12.1 Å². The second-order valence-corrected chi connectivity index (χ2v) is 4.35. The molecular formula is C11H14N4OS. The molecule has 0 bridgehead atoms. The van der Waals surface area contributed by atoms with E-state index in [1.165, 1.54) is 11.5 Å². The summed E-state index contributed by atoms with van der Waals surface area (Å²) < 4.78 is 6.06.